The van der Waals surface area contributed by atoms with Crippen LogP contribution in [0.25, 0.3) is 0 Å². The molecule has 0 aromatic rings. The first kappa shape index (κ1) is 21.4. The summed E-state index contributed by atoms with van der Waals surface area (Å²) in [5.74, 6) is -1.60. The predicted octanol–water partition coefficient (Wildman–Crippen LogP) is 2.70. The van der Waals surface area contributed by atoms with Gasteiger partial charge in [-0.2, -0.15) is 0 Å². The molecule has 150 valence electrons. The molecule has 4 atom stereocenters. The topological polar surface area (TPSA) is 71.1 Å². The van der Waals surface area contributed by atoms with E-state index in [1.54, 1.807) is 0 Å². The number of ether oxygens (including phenoxy) is 4. The van der Waals surface area contributed by atoms with Gasteiger partial charge in [0.15, 0.2) is 0 Å². The molecule has 0 spiro atoms. The molecule has 0 heterocycles. The van der Waals surface area contributed by atoms with Crippen LogP contribution < -0.4 is 0 Å². The number of esters is 2. The molecular weight excluding hydrogens is 348 g/mol. The average Bonchev–Trinajstić information content (AvgIpc) is 3.21. The van der Waals surface area contributed by atoms with E-state index in [2.05, 4.69) is 13.2 Å². The molecule has 4 unspecified atom stereocenters. The summed E-state index contributed by atoms with van der Waals surface area (Å²) in [5.41, 5.74) is 1.82. The monoisotopic (exact) mass is 378 g/mol. The summed E-state index contributed by atoms with van der Waals surface area (Å²) in [6.45, 7) is 13.1. The van der Waals surface area contributed by atoms with Gasteiger partial charge in [0.2, 0.25) is 0 Å². The molecule has 27 heavy (non-hydrogen) atoms. The first-order valence-corrected chi connectivity index (χ1v) is 9.36. The Morgan fingerprint density at radius 3 is 1.59 bits per heavy atom. The Labute approximate surface area is 161 Å². The van der Waals surface area contributed by atoms with Gasteiger partial charge in [-0.3, -0.25) is 9.59 Å². The summed E-state index contributed by atoms with van der Waals surface area (Å²) in [5, 5.41) is 0. The van der Waals surface area contributed by atoms with Gasteiger partial charge in [-0.15, -0.1) is 0 Å². The molecule has 6 heteroatoms. The third kappa shape index (κ3) is 6.33. The molecule has 2 rings (SSSR count). The molecule has 2 bridgehead atoms. The Bertz CT molecular complexity index is 543. The largest absolute Gasteiger partial charge is 0.463 e. The minimum Gasteiger partial charge on any atom is -0.463 e. The van der Waals surface area contributed by atoms with Crippen molar-refractivity contribution in [3.05, 3.63) is 36.5 Å². The molecule has 0 aromatic heterocycles. The maximum Gasteiger partial charge on any atom is 0.310 e. The second-order valence-corrected chi connectivity index (χ2v) is 7.35. The molecule has 6 nitrogen and oxygen atoms in total. The summed E-state index contributed by atoms with van der Waals surface area (Å²) < 4.78 is 21.4. The van der Waals surface area contributed by atoms with E-state index in [9.17, 15) is 9.59 Å². The average molecular weight is 378 g/mol. The molecule has 0 aliphatic heterocycles. The first-order chi connectivity index (χ1) is 12.9. The van der Waals surface area contributed by atoms with Crippen molar-refractivity contribution in [3.63, 3.8) is 0 Å². The van der Waals surface area contributed by atoms with Gasteiger partial charge in [-0.25, -0.2) is 0 Å². The highest BCUT2D eigenvalue weighted by molar-refractivity contribution is 5.84. The molecule has 2 aliphatic carbocycles. The van der Waals surface area contributed by atoms with Gasteiger partial charge in [-0.1, -0.05) is 36.5 Å². The fourth-order valence-electron chi connectivity index (χ4n) is 3.55. The number of fused-ring (bicyclic) bond motifs is 2. The number of hydrogen-bond acceptors (Lipinski definition) is 6. The smallest absolute Gasteiger partial charge is 0.310 e. The van der Waals surface area contributed by atoms with Crippen LogP contribution >= 0.6 is 0 Å². The van der Waals surface area contributed by atoms with E-state index in [0.717, 1.165) is 17.6 Å². The lowest BCUT2D eigenvalue weighted by Crippen LogP contribution is -2.36. The maximum atomic E-state index is 12.5. The normalized spacial score (nSPS) is 25.4. The maximum absolute atomic E-state index is 12.5. The van der Waals surface area contributed by atoms with Crippen molar-refractivity contribution in [1.82, 2.24) is 0 Å². The fourth-order valence-corrected chi connectivity index (χ4v) is 3.55. The lowest BCUT2D eigenvalue weighted by atomic mass is 9.83. The summed E-state index contributed by atoms with van der Waals surface area (Å²) in [6, 6.07) is 0. The van der Waals surface area contributed by atoms with E-state index in [1.807, 2.05) is 26.0 Å². The van der Waals surface area contributed by atoms with Crippen LogP contribution in [0.5, 0.6) is 0 Å². The summed E-state index contributed by atoms with van der Waals surface area (Å²) >= 11 is 0. The van der Waals surface area contributed by atoms with Gasteiger partial charge in [0.25, 0.3) is 0 Å². The third-order valence-corrected chi connectivity index (χ3v) is 4.64. The highest BCUT2D eigenvalue weighted by Crippen LogP contribution is 2.49. The second-order valence-electron chi connectivity index (χ2n) is 7.35. The Morgan fingerprint density at radius 1 is 0.815 bits per heavy atom. The zero-order valence-electron chi connectivity index (χ0n) is 16.3. The van der Waals surface area contributed by atoms with Gasteiger partial charge < -0.3 is 18.9 Å². The van der Waals surface area contributed by atoms with Gasteiger partial charge in [0.1, 0.15) is 13.2 Å². The van der Waals surface area contributed by atoms with Crippen LogP contribution in [0.15, 0.2) is 36.5 Å². The zero-order chi connectivity index (χ0) is 19.8. The van der Waals surface area contributed by atoms with Crippen molar-refractivity contribution in [1.29, 1.82) is 0 Å². The standard InChI is InChI=1S/C21H30O6/c1-14(2)12-24-7-9-26-20(22)18-16-5-6-17(11-16)19(18)21(23)27-10-8-25-13-15(3)4/h5-6,16-19H,1,3,7-13H2,2,4H3. The van der Waals surface area contributed by atoms with Crippen LogP contribution in [0, 0.1) is 23.7 Å². The Hall–Kier alpha value is -1.92. The highest BCUT2D eigenvalue weighted by atomic mass is 16.6. The molecule has 2 aliphatic rings. The van der Waals surface area contributed by atoms with Crippen LogP contribution in [0.3, 0.4) is 0 Å². The molecule has 1 fully saturated rings. The molecular formula is C21H30O6. The van der Waals surface area contributed by atoms with Crippen LogP contribution in [-0.4, -0.2) is 51.6 Å². The van der Waals surface area contributed by atoms with E-state index in [-0.39, 0.29) is 37.0 Å². The molecule has 0 radical (unpaired) electrons. The van der Waals surface area contributed by atoms with Gasteiger partial charge in [-0.05, 0) is 32.1 Å². The number of hydrogen-bond donors (Lipinski definition) is 0. The molecule has 0 amide bonds. The van der Waals surface area contributed by atoms with E-state index >= 15 is 0 Å². The quantitative estimate of drug-likeness (QED) is 0.295. The summed E-state index contributed by atoms with van der Waals surface area (Å²) in [7, 11) is 0. The highest BCUT2D eigenvalue weighted by Gasteiger charge is 2.53. The zero-order valence-corrected chi connectivity index (χ0v) is 16.3. The van der Waals surface area contributed by atoms with E-state index < -0.39 is 11.8 Å². The lowest BCUT2D eigenvalue weighted by molar-refractivity contribution is -0.162. The van der Waals surface area contributed by atoms with Crippen LogP contribution in [0.2, 0.25) is 0 Å². The summed E-state index contributed by atoms with van der Waals surface area (Å²) in [6.07, 6.45) is 4.81. The minimum atomic E-state index is -0.482. The summed E-state index contributed by atoms with van der Waals surface area (Å²) in [4.78, 5) is 25.1. The lowest BCUT2D eigenvalue weighted by Gasteiger charge is -2.25. The molecule has 0 saturated heterocycles. The van der Waals surface area contributed by atoms with Crippen molar-refractivity contribution >= 4 is 11.9 Å². The number of carbonyl (C=O) groups excluding carboxylic acids is 2. The van der Waals surface area contributed by atoms with Crippen LogP contribution in [0.4, 0.5) is 0 Å². The number of carbonyl (C=O) groups is 2. The predicted molar refractivity (Wildman–Crippen MR) is 101 cm³/mol. The molecule has 0 N–H and O–H groups in total. The number of allylic oxidation sites excluding steroid dienone is 2. The van der Waals surface area contributed by atoms with Crippen LogP contribution in [-0.2, 0) is 28.5 Å². The SMILES string of the molecule is C=C(C)COCCOC(=O)C1C2C=CC(C2)C1C(=O)OCCOCC(=C)C. The van der Waals surface area contributed by atoms with E-state index in [4.69, 9.17) is 18.9 Å². The third-order valence-electron chi connectivity index (χ3n) is 4.64. The van der Waals surface area contributed by atoms with Gasteiger partial charge in [0, 0.05) is 0 Å². The fraction of sp³-hybridized carbons (Fsp3) is 0.619. The Kier molecular flexibility index (Phi) is 8.25. The van der Waals surface area contributed by atoms with Crippen molar-refractivity contribution in [2.45, 2.75) is 20.3 Å². The number of rotatable bonds is 12. The Morgan fingerprint density at radius 2 is 1.22 bits per heavy atom. The van der Waals surface area contributed by atoms with Crippen molar-refractivity contribution in [2.24, 2.45) is 23.7 Å². The van der Waals surface area contributed by atoms with Gasteiger partial charge in [0.05, 0.1) is 38.3 Å². The van der Waals surface area contributed by atoms with E-state index in [0.29, 0.717) is 26.4 Å². The van der Waals surface area contributed by atoms with Crippen molar-refractivity contribution in [3.8, 4) is 0 Å². The molecule has 0 aromatic carbocycles. The van der Waals surface area contributed by atoms with Gasteiger partial charge >= 0.3 is 11.9 Å². The second kappa shape index (κ2) is 10.4. The molecule has 1 saturated carbocycles. The van der Waals surface area contributed by atoms with Crippen LogP contribution in [0.1, 0.15) is 20.3 Å². The van der Waals surface area contributed by atoms with Crippen molar-refractivity contribution in [2.75, 3.05) is 39.6 Å². The van der Waals surface area contributed by atoms with Crippen molar-refractivity contribution < 1.29 is 28.5 Å². The van der Waals surface area contributed by atoms with E-state index in [1.165, 1.54) is 0 Å². The minimum absolute atomic E-state index is 0.0380. The Balaban J connectivity index is 1.79. The first-order valence-electron chi connectivity index (χ1n) is 9.36.